The molecule has 0 radical (unpaired) electrons. The predicted molar refractivity (Wildman–Crippen MR) is 93.8 cm³/mol. The van der Waals surface area contributed by atoms with Crippen LogP contribution in [0.4, 0.5) is 5.82 Å². The molecule has 0 saturated carbocycles. The zero-order chi connectivity index (χ0) is 16.8. The molecule has 2 N–H and O–H groups in total. The van der Waals surface area contributed by atoms with Crippen LogP contribution in [0.5, 0.6) is 0 Å². The van der Waals surface area contributed by atoms with Crippen molar-refractivity contribution in [2.75, 3.05) is 18.0 Å². The molecule has 0 bridgehead atoms. The number of aliphatic hydroxyl groups is 1. The van der Waals surface area contributed by atoms with Crippen molar-refractivity contribution in [3.63, 3.8) is 0 Å². The van der Waals surface area contributed by atoms with Crippen molar-refractivity contribution in [1.29, 1.82) is 0 Å². The first-order valence-corrected chi connectivity index (χ1v) is 8.45. The number of anilines is 1. The molecule has 0 aliphatic carbocycles. The number of nitrogens with zero attached hydrogens (tertiary/aromatic N) is 2. The minimum Gasteiger partial charge on any atom is -0.392 e. The second-order valence-corrected chi connectivity index (χ2v) is 6.03. The molecule has 5 nitrogen and oxygen atoms in total. The smallest absolute Gasteiger partial charge is 0.255 e. The summed E-state index contributed by atoms with van der Waals surface area (Å²) in [4.78, 5) is 19.3. The van der Waals surface area contributed by atoms with E-state index in [-0.39, 0.29) is 12.5 Å². The molecule has 1 aromatic carbocycles. The highest BCUT2D eigenvalue weighted by molar-refractivity contribution is 5.98. The van der Waals surface area contributed by atoms with Crippen molar-refractivity contribution < 1.29 is 9.90 Å². The minimum absolute atomic E-state index is 0.0298. The normalized spacial score (nSPS) is 14.5. The van der Waals surface area contributed by atoms with Gasteiger partial charge >= 0.3 is 0 Å². The predicted octanol–water partition coefficient (Wildman–Crippen LogP) is 2.49. The Morgan fingerprint density at radius 2 is 1.83 bits per heavy atom. The maximum absolute atomic E-state index is 12.6. The van der Waals surface area contributed by atoms with E-state index in [0.29, 0.717) is 12.1 Å². The van der Waals surface area contributed by atoms with Crippen LogP contribution in [-0.4, -0.2) is 29.1 Å². The molecular formula is C19H23N3O2. The topological polar surface area (TPSA) is 65.5 Å². The van der Waals surface area contributed by atoms with Crippen LogP contribution in [-0.2, 0) is 13.2 Å². The number of nitrogens with one attached hydrogen (secondary N) is 1. The first-order valence-electron chi connectivity index (χ1n) is 8.45. The first-order chi connectivity index (χ1) is 11.8. The summed E-state index contributed by atoms with van der Waals surface area (Å²) >= 11 is 0. The van der Waals surface area contributed by atoms with E-state index in [4.69, 9.17) is 0 Å². The van der Waals surface area contributed by atoms with Crippen molar-refractivity contribution >= 4 is 11.7 Å². The van der Waals surface area contributed by atoms with Gasteiger partial charge in [-0.1, -0.05) is 24.3 Å². The van der Waals surface area contributed by atoms with Gasteiger partial charge in [-0.25, -0.2) is 4.98 Å². The summed E-state index contributed by atoms with van der Waals surface area (Å²) in [6.07, 6.45) is 5.26. The molecule has 0 spiro atoms. The summed E-state index contributed by atoms with van der Waals surface area (Å²) < 4.78 is 0. The third-order valence-corrected chi connectivity index (χ3v) is 4.42. The fourth-order valence-corrected chi connectivity index (χ4v) is 3.09. The number of piperidine rings is 1. The van der Waals surface area contributed by atoms with Gasteiger partial charge in [0, 0.05) is 25.8 Å². The van der Waals surface area contributed by atoms with E-state index in [1.165, 1.54) is 6.42 Å². The molecule has 1 aromatic heterocycles. The molecule has 3 rings (SSSR count). The first kappa shape index (κ1) is 16.5. The van der Waals surface area contributed by atoms with Gasteiger partial charge in [0.25, 0.3) is 5.91 Å². The van der Waals surface area contributed by atoms with Crippen LogP contribution >= 0.6 is 0 Å². The number of rotatable bonds is 5. The lowest BCUT2D eigenvalue weighted by molar-refractivity contribution is 0.0950. The summed E-state index contributed by atoms with van der Waals surface area (Å²) in [5, 5.41) is 12.3. The lowest BCUT2D eigenvalue weighted by Crippen LogP contribution is -2.33. The highest BCUT2D eigenvalue weighted by Gasteiger charge is 2.19. The number of benzene rings is 1. The molecule has 2 heterocycles. The number of hydrogen-bond acceptors (Lipinski definition) is 4. The van der Waals surface area contributed by atoms with E-state index in [9.17, 15) is 9.90 Å². The molecule has 0 atom stereocenters. The summed E-state index contributed by atoms with van der Waals surface area (Å²) in [6.45, 7) is 2.26. The monoisotopic (exact) mass is 325 g/mol. The summed E-state index contributed by atoms with van der Waals surface area (Å²) in [5.74, 6) is 0.640. The fraction of sp³-hybridized carbons (Fsp3) is 0.368. The van der Waals surface area contributed by atoms with Crippen molar-refractivity contribution in [2.24, 2.45) is 0 Å². The Morgan fingerprint density at radius 1 is 1.08 bits per heavy atom. The lowest BCUT2D eigenvalue weighted by Gasteiger charge is -2.29. The van der Waals surface area contributed by atoms with Crippen LogP contribution < -0.4 is 10.2 Å². The molecule has 0 unspecified atom stereocenters. The lowest BCUT2D eigenvalue weighted by atomic mass is 10.1. The van der Waals surface area contributed by atoms with Gasteiger partial charge in [-0.2, -0.15) is 0 Å². The summed E-state index contributed by atoms with van der Waals surface area (Å²) in [6, 6.07) is 11.2. The number of pyridine rings is 1. The van der Waals surface area contributed by atoms with Crippen molar-refractivity contribution in [2.45, 2.75) is 32.4 Å². The van der Waals surface area contributed by atoms with Crippen LogP contribution in [0.15, 0.2) is 42.6 Å². The van der Waals surface area contributed by atoms with Crippen LogP contribution in [0.2, 0.25) is 0 Å². The maximum atomic E-state index is 12.6. The molecule has 1 amide bonds. The second-order valence-electron chi connectivity index (χ2n) is 6.03. The van der Waals surface area contributed by atoms with Gasteiger partial charge in [-0.3, -0.25) is 4.79 Å². The van der Waals surface area contributed by atoms with Crippen LogP contribution in [0.3, 0.4) is 0 Å². The van der Waals surface area contributed by atoms with Gasteiger partial charge in [0.05, 0.1) is 12.2 Å². The van der Waals surface area contributed by atoms with Gasteiger partial charge < -0.3 is 15.3 Å². The molecular weight excluding hydrogens is 302 g/mol. The number of carbonyl (C=O) groups excluding carboxylic acids is 1. The SMILES string of the molecule is O=C(NCc1ccccc1CO)c1cccnc1N1CCCCC1. The van der Waals surface area contributed by atoms with Gasteiger partial charge in [0.2, 0.25) is 0 Å². The fourth-order valence-electron chi connectivity index (χ4n) is 3.09. The number of carbonyl (C=O) groups is 1. The minimum atomic E-state index is -0.128. The molecule has 1 fully saturated rings. The number of amides is 1. The largest absolute Gasteiger partial charge is 0.392 e. The van der Waals surface area contributed by atoms with Crippen LogP contribution in [0, 0.1) is 0 Å². The molecule has 1 saturated heterocycles. The third kappa shape index (κ3) is 3.74. The molecule has 24 heavy (non-hydrogen) atoms. The Balaban J connectivity index is 1.73. The number of hydrogen-bond donors (Lipinski definition) is 2. The summed E-state index contributed by atoms with van der Waals surface area (Å²) in [7, 11) is 0. The average Bonchev–Trinajstić information content (AvgIpc) is 2.67. The van der Waals surface area contributed by atoms with E-state index >= 15 is 0 Å². The van der Waals surface area contributed by atoms with Crippen molar-refractivity contribution in [1.82, 2.24) is 10.3 Å². The Hall–Kier alpha value is -2.40. The van der Waals surface area contributed by atoms with Gasteiger partial charge in [-0.05, 0) is 42.5 Å². The van der Waals surface area contributed by atoms with Gasteiger partial charge in [-0.15, -0.1) is 0 Å². The Morgan fingerprint density at radius 3 is 2.58 bits per heavy atom. The van der Waals surface area contributed by atoms with E-state index in [0.717, 1.165) is 42.9 Å². The molecule has 126 valence electrons. The highest BCUT2D eigenvalue weighted by Crippen LogP contribution is 2.21. The van der Waals surface area contributed by atoms with E-state index in [2.05, 4.69) is 15.2 Å². The highest BCUT2D eigenvalue weighted by atomic mass is 16.3. The number of aliphatic hydroxyl groups excluding tert-OH is 1. The van der Waals surface area contributed by atoms with E-state index in [1.54, 1.807) is 12.3 Å². The van der Waals surface area contributed by atoms with Crippen molar-refractivity contribution in [3.05, 3.63) is 59.3 Å². The zero-order valence-corrected chi connectivity index (χ0v) is 13.7. The Bertz CT molecular complexity index is 697. The van der Waals surface area contributed by atoms with E-state index < -0.39 is 0 Å². The van der Waals surface area contributed by atoms with Crippen molar-refractivity contribution in [3.8, 4) is 0 Å². The Labute approximate surface area is 142 Å². The summed E-state index contributed by atoms with van der Waals surface area (Å²) in [5.41, 5.74) is 2.37. The standard InChI is InChI=1S/C19H23N3O2/c23-14-16-8-3-2-7-15(16)13-21-19(24)17-9-6-10-20-18(17)22-11-4-1-5-12-22/h2-3,6-10,23H,1,4-5,11-14H2,(H,21,24). The molecule has 5 heteroatoms. The molecule has 1 aliphatic rings. The van der Waals surface area contributed by atoms with Gasteiger partial charge in [0.1, 0.15) is 5.82 Å². The quantitative estimate of drug-likeness (QED) is 0.886. The van der Waals surface area contributed by atoms with Crippen LogP contribution in [0.1, 0.15) is 40.7 Å². The number of aromatic nitrogens is 1. The molecule has 2 aromatic rings. The molecule has 1 aliphatic heterocycles. The van der Waals surface area contributed by atoms with Crippen LogP contribution in [0.25, 0.3) is 0 Å². The zero-order valence-electron chi connectivity index (χ0n) is 13.7. The van der Waals surface area contributed by atoms with Gasteiger partial charge in [0.15, 0.2) is 0 Å². The van der Waals surface area contributed by atoms with E-state index in [1.807, 2.05) is 30.3 Å². The average molecular weight is 325 g/mol. The third-order valence-electron chi connectivity index (χ3n) is 4.42. The maximum Gasteiger partial charge on any atom is 0.255 e. The second kappa shape index (κ2) is 7.93. The Kier molecular flexibility index (Phi) is 5.43.